The van der Waals surface area contributed by atoms with Crippen molar-refractivity contribution < 1.29 is 19.7 Å². The van der Waals surface area contributed by atoms with Crippen LogP contribution in [0, 0.1) is 0 Å². The van der Waals surface area contributed by atoms with E-state index >= 15 is 0 Å². The van der Waals surface area contributed by atoms with Crippen molar-refractivity contribution in [1.29, 1.82) is 0 Å². The zero-order valence-corrected chi connectivity index (χ0v) is 21.8. The van der Waals surface area contributed by atoms with Gasteiger partial charge < -0.3 is 19.8 Å². The van der Waals surface area contributed by atoms with E-state index in [1.165, 1.54) is 4.70 Å². The van der Waals surface area contributed by atoms with E-state index in [1.807, 2.05) is 36.2 Å². The summed E-state index contributed by atoms with van der Waals surface area (Å²) in [6.07, 6.45) is 4.49. The first-order valence-corrected chi connectivity index (χ1v) is 14.1. The molecule has 3 aromatic rings. The average Bonchev–Trinajstić information content (AvgIpc) is 3.50. The molecule has 2 aliphatic heterocycles. The first kappa shape index (κ1) is 23.3. The largest absolute Gasteiger partial charge is 0.504 e. The van der Waals surface area contributed by atoms with Crippen LogP contribution in [0.2, 0.25) is 0 Å². The lowest BCUT2D eigenvalue weighted by molar-refractivity contribution is -0.198. The Morgan fingerprint density at radius 2 is 2.16 bits per heavy atom. The van der Waals surface area contributed by atoms with E-state index in [0.29, 0.717) is 31.4 Å². The van der Waals surface area contributed by atoms with Crippen molar-refractivity contribution >= 4 is 27.3 Å². The third-order valence-electron chi connectivity index (χ3n) is 9.72. The summed E-state index contributed by atoms with van der Waals surface area (Å²) in [5.41, 5.74) is 1.50. The lowest BCUT2D eigenvalue weighted by Gasteiger charge is -2.64. The predicted molar refractivity (Wildman–Crippen MR) is 144 cm³/mol. The molecule has 4 aliphatic rings. The molecule has 7 heteroatoms. The maximum atomic E-state index is 13.7. The molecule has 37 heavy (non-hydrogen) atoms. The second kappa shape index (κ2) is 8.06. The number of hydrogen-bond acceptors (Lipinski definition) is 6. The van der Waals surface area contributed by atoms with Crippen molar-refractivity contribution in [3.8, 4) is 11.5 Å². The molecule has 3 heterocycles. The van der Waals surface area contributed by atoms with Crippen LogP contribution in [-0.2, 0) is 23.1 Å². The van der Waals surface area contributed by atoms with Crippen molar-refractivity contribution in [3.05, 3.63) is 71.1 Å². The fourth-order valence-corrected chi connectivity index (χ4v) is 8.90. The number of benzene rings is 2. The quantitative estimate of drug-likeness (QED) is 0.502. The predicted octanol–water partition coefficient (Wildman–Crippen LogP) is 4.02. The SMILES string of the molecule is C=CCN1CC[C@]23c4c5ccc(O)c4O[C@H]2[C@H](N(C)C(=O)Cc2cccc4sccc24)CC[C@@]3(O)[C@H]1C5. The van der Waals surface area contributed by atoms with Gasteiger partial charge in [0.2, 0.25) is 5.91 Å². The maximum absolute atomic E-state index is 13.7. The molecule has 0 unspecified atom stereocenters. The number of thiophene rings is 1. The van der Waals surface area contributed by atoms with Gasteiger partial charge in [0.1, 0.15) is 6.10 Å². The summed E-state index contributed by atoms with van der Waals surface area (Å²) in [5.74, 6) is 0.673. The molecule has 1 spiro atoms. The number of likely N-dealkylation sites (N-methyl/N-ethyl adjacent to an activating group) is 1. The molecule has 192 valence electrons. The van der Waals surface area contributed by atoms with E-state index in [-0.39, 0.29) is 23.7 Å². The molecule has 2 bridgehead atoms. The highest BCUT2D eigenvalue weighted by Crippen LogP contribution is 2.65. The molecule has 2 fully saturated rings. The van der Waals surface area contributed by atoms with Crippen molar-refractivity contribution in [1.82, 2.24) is 9.80 Å². The Balaban J connectivity index is 1.27. The summed E-state index contributed by atoms with van der Waals surface area (Å²) in [7, 11) is 1.88. The molecule has 2 aliphatic carbocycles. The number of hydrogen-bond donors (Lipinski definition) is 2. The van der Waals surface area contributed by atoms with Crippen LogP contribution >= 0.6 is 11.3 Å². The minimum absolute atomic E-state index is 0.0472. The number of nitrogens with zero attached hydrogens (tertiary/aromatic N) is 2. The highest BCUT2D eigenvalue weighted by atomic mass is 32.1. The number of ether oxygens (including phenoxy) is 1. The van der Waals surface area contributed by atoms with Crippen LogP contribution in [0.1, 0.15) is 36.0 Å². The third kappa shape index (κ3) is 2.96. The van der Waals surface area contributed by atoms with Crippen LogP contribution in [0.15, 0.2) is 54.4 Å². The van der Waals surface area contributed by atoms with Crippen LogP contribution in [0.5, 0.6) is 11.5 Å². The van der Waals surface area contributed by atoms with Gasteiger partial charge in [-0.15, -0.1) is 17.9 Å². The summed E-state index contributed by atoms with van der Waals surface area (Å²) in [6, 6.07) is 11.7. The van der Waals surface area contributed by atoms with Crippen LogP contribution < -0.4 is 4.74 Å². The lowest BCUT2D eigenvalue weighted by atomic mass is 9.48. The number of amides is 1. The normalized spacial score (nSPS) is 31.6. The van der Waals surface area contributed by atoms with Gasteiger partial charge in [0.05, 0.1) is 23.5 Å². The lowest BCUT2D eigenvalue weighted by Crippen LogP contribution is -2.78. The topological polar surface area (TPSA) is 73.2 Å². The molecule has 2 N–H and O–H groups in total. The molecule has 1 saturated carbocycles. The van der Waals surface area contributed by atoms with Crippen LogP contribution in [0.4, 0.5) is 0 Å². The number of likely N-dealkylation sites (tertiary alicyclic amines) is 1. The van der Waals surface area contributed by atoms with Crippen molar-refractivity contribution in [2.45, 2.75) is 61.3 Å². The molecule has 6 nitrogen and oxygen atoms in total. The second-order valence-corrected chi connectivity index (χ2v) is 12.1. The van der Waals surface area contributed by atoms with Gasteiger partial charge in [-0.1, -0.05) is 24.3 Å². The molecule has 5 atom stereocenters. The minimum atomic E-state index is -0.992. The summed E-state index contributed by atoms with van der Waals surface area (Å²) >= 11 is 1.69. The van der Waals surface area contributed by atoms with Gasteiger partial charge in [-0.3, -0.25) is 9.69 Å². The number of carbonyl (C=O) groups excluding carboxylic acids is 1. The Hall–Kier alpha value is -2.87. The Bertz CT molecular complexity index is 1430. The van der Waals surface area contributed by atoms with E-state index < -0.39 is 17.1 Å². The van der Waals surface area contributed by atoms with Crippen molar-refractivity contribution in [2.24, 2.45) is 0 Å². The number of fused-ring (bicyclic) bond motifs is 1. The zero-order valence-electron chi connectivity index (χ0n) is 21.0. The summed E-state index contributed by atoms with van der Waals surface area (Å²) < 4.78 is 7.81. The molecule has 1 saturated heterocycles. The Morgan fingerprint density at radius 3 is 3.00 bits per heavy atom. The second-order valence-electron chi connectivity index (χ2n) is 11.2. The van der Waals surface area contributed by atoms with Gasteiger partial charge in [-0.25, -0.2) is 0 Å². The molecular formula is C30H32N2O4S. The third-order valence-corrected chi connectivity index (χ3v) is 10.6. The smallest absolute Gasteiger partial charge is 0.227 e. The number of aliphatic hydroxyl groups is 1. The van der Waals surface area contributed by atoms with Gasteiger partial charge >= 0.3 is 0 Å². The van der Waals surface area contributed by atoms with E-state index in [2.05, 4.69) is 29.0 Å². The molecule has 1 aromatic heterocycles. The van der Waals surface area contributed by atoms with Crippen molar-refractivity contribution in [2.75, 3.05) is 20.1 Å². The fraction of sp³-hybridized carbons (Fsp3) is 0.433. The Kier molecular flexibility index (Phi) is 5.07. The van der Waals surface area contributed by atoms with Gasteiger partial charge in [-0.05, 0) is 72.3 Å². The molecule has 1 amide bonds. The first-order valence-electron chi connectivity index (χ1n) is 13.2. The number of aromatic hydroxyl groups is 1. The molecule has 7 rings (SSSR count). The van der Waals surface area contributed by atoms with E-state index in [4.69, 9.17) is 4.74 Å². The van der Waals surface area contributed by atoms with Gasteiger partial charge in [0.25, 0.3) is 0 Å². The summed E-state index contributed by atoms with van der Waals surface area (Å²) in [4.78, 5) is 17.9. The van der Waals surface area contributed by atoms with Crippen molar-refractivity contribution in [3.63, 3.8) is 0 Å². The standard InChI is InChI=1S/C30H32N2O4S/c1-3-13-32-14-12-29-26-19-7-8-22(33)27(26)36-28(29)21(9-11-30(29,35)24(32)16-19)31(2)25(34)17-18-5-4-6-23-20(18)10-15-37-23/h3-8,10,15,21,24,28,33,35H,1,9,11-14,16-17H2,2H3/t21-,24-,28+,29+,30-/m1/s1. The minimum Gasteiger partial charge on any atom is -0.504 e. The van der Waals surface area contributed by atoms with Crippen LogP contribution in [0.3, 0.4) is 0 Å². The molecule has 2 aromatic carbocycles. The van der Waals surface area contributed by atoms with Crippen LogP contribution in [0.25, 0.3) is 10.1 Å². The highest BCUT2D eigenvalue weighted by molar-refractivity contribution is 7.17. The number of phenolic OH excluding ortho intramolecular Hbond substituents is 1. The number of piperidine rings is 1. The monoisotopic (exact) mass is 516 g/mol. The van der Waals surface area contributed by atoms with E-state index in [0.717, 1.165) is 41.6 Å². The average molecular weight is 517 g/mol. The van der Waals surface area contributed by atoms with E-state index in [9.17, 15) is 15.0 Å². The van der Waals surface area contributed by atoms with Crippen LogP contribution in [-0.4, -0.2) is 69.8 Å². The number of phenols is 1. The molecular weight excluding hydrogens is 484 g/mol. The fourth-order valence-electron chi connectivity index (χ4n) is 8.07. The van der Waals surface area contributed by atoms with Gasteiger partial charge in [0.15, 0.2) is 11.5 Å². The van der Waals surface area contributed by atoms with E-state index in [1.54, 1.807) is 17.4 Å². The number of rotatable bonds is 5. The first-order chi connectivity index (χ1) is 17.9. The summed E-state index contributed by atoms with van der Waals surface area (Å²) in [5, 5.41) is 26.6. The maximum Gasteiger partial charge on any atom is 0.227 e. The highest BCUT2D eigenvalue weighted by Gasteiger charge is 2.73. The van der Waals surface area contributed by atoms with Gasteiger partial charge in [-0.2, -0.15) is 0 Å². The Morgan fingerprint density at radius 1 is 1.30 bits per heavy atom. The zero-order chi connectivity index (χ0) is 25.5. The Labute approximate surface area is 220 Å². The molecule has 0 radical (unpaired) electrons. The van der Waals surface area contributed by atoms with Gasteiger partial charge in [0, 0.05) is 29.9 Å². The number of carbonyl (C=O) groups is 1. The summed E-state index contributed by atoms with van der Waals surface area (Å²) in [6.45, 7) is 5.49.